The van der Waals surface area contributed by atoms with Crippen LogP contribution >= 0.6 is 0 Å². The van der Waals surface area contributed by atoms with Gasteiger partial charge in [0.15, 0.2) is 0 Å². The fourth-order valence-electron chi connectivity index (χ4n) is 3.01. The molecule has 1 amide bonds. The van der Waals surface area contributed by atoms with Gasteiger partial charge in [0.2, 0.25) is 11.8 Å². The molecule has 1 aliphatic heterocycles. The Morgan fingerprint density at radius 3 is 2.12 bits per heavy atom. The molecule has 1 aromatic carbocycles. The molecule has 26 heavy (non-hydrogen) atoms. The first-order chi connectivity index (χ1) is 12.5. The summed E-state index contributed by atoms with van der Waals surface area (Å²) in [6, 6.07) is 4.99. The molecule has 1 fully saturated rings. The van der Waals surface area contributed by atoms with Gasteiger partial charge >= 0.3 is 0 Å². The third kappa shape index (κ3) is 3.58. The van der Waals surface area contributed by atoms with Crippen molar-refractivity contribution in [2.75, 3.05) is 27.3 Å². The monoisotopic (exact) mass is 363 g/mol. The maximum atomic E-state index is 13.8. The molecule has 0 atom stereocenters. The van der Waals surface area contributed by atoms with Crippen molar-refractivity contribution in [3.8, 4) is 11.8 Å². The summed E-state index contributed by atoms with van der Waals surface area (Å²) < 4.78 is 38.0. The molecule has 2 aromatic rings. The van der Waals surface area contributed by atoms with E-state index in [2.05, 4.69) is 9.97 Å². The number of aromatic nitrogens is 2. The molecule has 138 valence electrons. The van der Waals surface area contributed by atoms with Gasteiger partial charge in [-0.15, -0.1) is 0 Å². The van der Waals surface area contributed by atoms with Gasteiger partial charge in [0.1, 0.15) is 23.0 Å². The fraction of sp³-hybridized carbons (Fsp3) is 0.389. The van der Waals surface area contributed by atoms with Gasteiger partial charge in [-0.1, -0.05) is 6.07 Å². The molecule has 2 heterocycles. The van der Waals surface area contributed by atoms with Crippen molar-refractivity contribution in [3.05, 3.63) is 47.3 Å². The number of piperidine rings is 1. The summed E-state index contributed by atoms with van der Waals surface area (Å²) in [5.74, 6) is -0.948. The van der Waals surface area contributed by atoms with E-state index in [0.29, 0.717) is 43.5 Å². The molecule has 0 spiro atoms. The summed E-state index contributed by atoms with van der Waals surface area (Å²) in [6.07, 6.45) is 1.16. The standard InChI is InChI=1S/C18H19F2N3O3/c1-25-14-10-15(26-2)22-17(21-14)11-6-8-23(9-7-11)18(24)16-12(19)4-3-5-13(16)20/h3-5,10-11H,6-9H2,1-2H3. The highest BCUT2D eigenvalue weighted by atomic mass is 19.1. The van der Waals surface area contributed by atoms with Crippen LogP contribution in [0.5, 0.6) is 11.8 Å². The van der Waals surface area contributed by atoms with E-state index in [9.17, 15) is 13.6 Å². The number of rotatable bonds is 4. The van der Waals surface area contributed by atoms with Crippen LogP contribution in [-0.2, 0) is 0 Å². The zero-order valence-corrected chi connectivity index (χ0v) is 14.5. The van der Waals surface area contributed by atoms with E-state index >= 15 is 0 Å². The second-order valence-electron chi connectivity index (χ2n) is 5.97. The van der Waals surface area contributed by atoms with Crippen LogP contribution in [0.15, 0.2) is 24.3 Å². The molecular weight excluding hydrogens is 344 g/mol. The van der Waals surface area contributed by atoms with Crippen LogP contribution in [0.3, 0.4) is 0 Å². The predicted octanol–water partition coefficient (Wildman–Crippen LogP) is 2.79. The third-order valence-corrected chi connectivity index (χ3v) is 4.44. The molecule has 0 saturated carbocycles. The summed E-state index contributed by atoms with van der Waals surface area (Å²) in [7, 11) is 3.02. The summed E-state index contributed by atoms with van der Waals surface area (Å²) in [5, 5.41) is 0. The Bertz CT molecular complexity index is 766. The lowest BCUT2D eigenvalue weighted by Crippen LogP contribution is -2.39. The maximum Gasteiger partial charge on any atom is 0.259 e. The second kappa shape index (κ2) is 7.63. The summed E-state index contributed by atoms with van der Waals surface area (Å²) >= 11 is 0. The number of benzene rings is 1. The van der Waals surface area contributed by atoms with Crippen LogP contribution in [0, 0.1) is 11.6 Å². The van der Waals surface area contributed by atoms with Gasteiger partial charge < -0.3 is 14.4 Å². The topological polar surface area (TPSA) is 64.6 Å². The molecule has 3 rings (SSSR count). The number of likely N-dealkylation sites (tertiary alicyclic amines) is 1. The van der Waals surface area contributed by atoms with Crippen molar-refractivity contribution in [2.24, 2.45) is 0 Å². The number of carbonyl (C=O) groups is 1. The zero-order chi connectivity index (χ0) is 18.7. The number of amides is 1. The van der Waals surface area contributed by atoms with Crippen molar-refractivity contribution < 1.29 is 23.0 Å². The molecule has 0 unspecified atom stereocenters. The first-order valence-corrected chi connectivity index (χ1v) is 8.23. The second-order valence-corrected chi connectivity index (χ2v) is 5.97. The van der Waals surface area contributed by atoms with Gasteiger partial charge in [-0.2, -0.15) is 9.97 Å². The Balaban J connectivity index is 1.72. The number of nitrogens with zero attached hydrogens (tertiary/aromatic N) is 3. The van der Waals surface area contributed by atoms with E-state index in [-0.39, 0.29) is 5.92 Å². The highest BCUT2D eigenvalue weighted by Gasteiger charge is 2.29. The van der Waals surface area contributed by atoms with Crippen LogP contribution in [0.4, 0.5) is 8.78 Å². The van der Waals surface area contributed by atoms with Gasteiger partial charge in [0, 0.05) is 19.0 Å². The molecule has 1 aromatic heterocycles. The first kappa shape index (κ1) is 18.0. The van der Waals surface area contributed by atoms with Gasteiger partial charge in [-0.3, -0.25) is 4.79 Å². The quantitative estimate of drug-likeness (QED) is 0.836. The number of hydrogen-bond donors (Lipinski definition) is 0. The number of halogens is 2. The Morgan fingerprint density at radius 1 is 1.08 bits per heavy atom. The summed E-state index contributed by atoms with van der Waals surface area (Å²) in [5.41, 5.74) is -0.509. The Morgan fingerprint density at radius 2 is 1.62 bits per heavy atom. The van der Waals surface area contributed by atoms with Crippen molar-refractivity contribution in [1.82, 2.24) is 14.9 Å². The van der Waals surface area contributed by atoms with E-state index in [4.69, 9.17) is 9.47 Å². The zero-order valence-electron chi connectivity index (χ0n) is 14.5. The van der Waals surface area contributed by atoms with Crippen molar-refractivity contribution in [3.63, 3.8) is 0 Å². The van der Waals surface area contributed by atoms with Crippen molar-refractivity contribution >= 4 is 5.91 Å². The minimum atomic E-state index is -0.849. The van der Waals surface area contributed by atoms with Crippen LogP contribution in [0.1, 0.15) is 34.9 Å². The fourth-order valence-corrected chi connectivity index (χ4v) is 3.01. The molecule has 1 aliphatic rings. The lowest BCUT2D eigenvalue weighted by atomic mass is 9.95. The predicted molar refractivity (Wildman–Crippen MR) is 89.4 cm³/mol. The molecule has 1 saturated heterocycles. The lowest BCUT2D eigenvalue weighted by molar-refractivity contribution is 0.0700. The molecular formula is C18H19F2N3O3. The Kier molecular flexibility index (Phi) is 5.29. The van der Waals surface area contributed by atoms with Crippen LogP contribution in [0.25, 0.3) is 0 Å². The minimum absolute atomic E-state index is 0.00789. The summed E-state index contributed by atoms with van der Waals surface area (Å²) in [4.78, 5) is 22.6. The average molecular weight is 363 g/mol. The normalized spacial score (nSPS) is 15.0. The molecule has 8 heteroatoms. The van der Waals surface area contributed by atoms with E-state index in [1.54, 1.807) is 6.07 Å². The number of carbonyl (C=O) groups excluding carboxylic acids is 1. The lowest BCUT2D eigenvalue weighted by Gasteiger charge is -2.31. The SMILES string of the molecule is COc1cc(OC)nc(C2CCN(C(=O)c3c(F)cccc3F)CC2)n1. The molecule has 0 bridgehead atoms. The molecule has 0 N–H and O–H groups in total. The molecule has 6 nitrogen and oxygen atoms in total. The van der Waals surface area contributed by atoms with E-state index < -0.39 is 23.1 Å². The van der Waals surface area contributed by atoms with Gasteiger partial charge in [-0.05, 0) is 25.0 Å². The number of hydrogen-bond acceptors (Lipinski definition) is 5. The summed E-state index contributed by atoms with van der Waals surface area (Å²) in [6.45, 7) is 0.723. The van der Waals surface area contributed by atoms with Crippen molar-refractivity contribution in [1.29, 1.82) is 0 Å². The van der Waals surface area contributed by atoms with Crippen LogP contribution < -0.4 is 9.47 Å². The molecule has 0 radical (unpaired) electrons. The smallest absolute Gasteiger partial charge is 0.259 e. The number of ether oxygens (including phenoxy) is 2. The highest BCUT2D eigenvalue weighted by Crippen LogP contribution is 2.29. The maximum absolute atomic E-state index is 13.8. The van der Waals surface area contributed by atoms with Crippen LogP contribution in [0.2, 0.25) is 0 Å². The van der Waals surface area contributed by atoms with Crippen molar-refractivity contribution in [2.45, 2.75) is 18.8 Å². The Hall–Kier alpha value is -2.77. The average Bonchev–Trinajstić information content (AvgIpc) is 2.67. The minimum Gasteiger partial charge on any atom is -0.481 e. The van der Waals surface area contributed by atoms with Gasteiger partial charge in [0.05, 0.1) is 20.3 Å². The van der Waals surface area contributed by atoms with E-state index in [1.165, 1.54) is 25.2 Å². The molecule has 0 aliphatic carbocycles. The number of methoxy groups -OCH3 is 2. The van der Waals surface area contributed by atoms with Gasteiger partial charge in [0.25, 0.3) is 5.91 Å². The van der Waals surface area contributed by atoms with E-state index in [1.807, 2.05) is 0 Å². The first-order valence-electron chi connectivity index (χ1n) is 8.23. The van der Waals surface area contributed by atoms with E-state index in [0.717, 1.165) is 12.1 Å². The van der Waals surface area contributed by atoms with Gasteiger partial charge in [-0.25, -0.2) is 8.78 Å². The highest BCUT2D eigenvalue weighted by molar-refractivity contribution is 5.94. The third-order valence-electron chi connectivity index (χ3n) is 4.44. The largest absolute Gasteiger partial charge is 0.481 e. The Labute approximate surface area is 149 Å². The van der Waals surface area contributed by atoms with Crippen LogP contribution in [-0.4, -0.2) is 48.1 Å².